The Labute approximate surface area is 82.2 Å². The number of hydrogen-bond donors (Lipinski definition) is 2. The Morgan fingerprint density at radius 1 is 1.54 bits per heavy atom. The zero-order valence-electron chi connectivity index (χ0n) is 7.60. The van der Waals surface area contributed by atoms with Gasteiger partial charge in [-0.2, -0.15) is 5.48 Å². The molecule has 0 saturated carbocycles. The van der Waals surface area contributed by atoms with Crippen LogP contribution in [0.25, 0.3) is 0 Å². The van der Waals surface area contributed by atoms with Crippen LogP contribution in [-0.4, -0.2) is 12.2 Å². The summed E-state index contributed by atoms with van der Waals surface area (Å²) in [6, 6.07) is 3.66. The standard InChI is InChI=1S/C9H12ClNO2/c1-6-3-4-7(5-11-13-2)8(10)9(6)12/h3-4,11-12H,5H2,1-2H3. The van der Waals surface area contributed by atoms with Gasteiger partial charge in [0.05, 0.1) is 12.1 Å². The number of aryl methyl sites for hydroxylation is 1. The van der Waals surface area contributed by atoms with Crippen LogP contribution >= 0.6 is 11.6 Å². The molecule has 0 amide bonds. The molecule has 0 spiro atoms. The molecule has 13 heavy (non-hydrogen) atoms. The number of phenolic OH excluding ortho intramolecular Hbond substituents is 1. The molecule has 0 saturated heterocycles. The minimum Gasteiger partial charge on any atom is -0.506 e. The third-order valence-corrected chi connectivity index (χ3v) is 2.23. The van der Waals surface area contributed by atoms with Gasteiger partial charge in [0.2, 0.25) is 0 Å². The van der Waals surface area contributed by atoms with Crippen molar-refractivity contribution >= 4 is 11.6 Å². The predicted molar refractivity (Wildman–Crippen MR) is 51.7 cm³/mol. The van der Waals surface area contributed by atoms with Crippen molar-refractivity contribution in [3.63, 3.8) is 0 Å². The quantitative estimate of drug-likeness (QED) is 0.736. The summed E-state index contributed by atoms with van der Waals surface area (Å²) in [5.74, 6) is 0.136. The van der Waals surface area contributed by atoms with Crippen molar-refractivity contribution in [3.05, 3.63) is 28.3 Å². The van der Waals surface area contributed by atoms with Crippen molar-refractivity contribution in [1.29, 1.82) is 0 Å². The second-order valence-electron chi connectivity index (χ2n) is 2.73. The molecule has 0 aliphatic carbocycles. The van der Waals surface area contributed by atoms with Gasteiger partial charge in [-0.15, -0.1) is 0 Å². The fourth-order valence-corrected chi connectivity index (χ4v) is 1.27. The van der Waals surface area contributed by atoms with E-state index in [4.69, 9.17) is 11.6 Å². The van der Waals surface area contributed by atoms with Crippen LogP contribution in [0.4, 0.5) is 0 Å². The topological polar surface area (TPSA) is 41.5 Å². The molecule has 1 aromatic rings. The van der Waals surface area contributed by atoms with Crippen LogP contribution in [0.2, 0.25) is 5.02 Å². The molecule has 1 rings (SSSR count). The van der Waals surface area contributed by atoms with Crippen molar-refractivity contribution in [1.82, 2.24) is 5.48 Å². The first kappa shape index (κ1) is 10.3. The largest absolute Gasteiger partial charge is 0.506 e. The van der Waals surface area contributed by atoms with E-state index in [2.05, 4.69) is 10.3 Å². The highest BCUT2D eigenvalue weighted by atomic mass is 35.5. The highest BCUT2D eigenvalue weighted by Crippen LogP contribution is 2.30. The molecular weight excluding hydrogens is 190 g/mol. The average molecular weight is 202 g/mol. The summed E-state index contributed by atoms with van der Waals surface area (Å²) in [5.41, 5.74) is 4.24. The van der Waals surface area contributed by atoms with Gasteiger partial charge < -0.3 is 9.94 Å². The molecule has 0 heterocycles. The van der Waals surface area contributed by atoms with Crippen LogP contribution in [0.1, 0.15) is 11.1 Å². The van der Waals surface area contributed by atoms with Crippen LogP contribution in [-0.2, 0) is 11.4 Å². The van der Waals surface area contributed by atoms with E-state index >= 15 is 0 Å². The fourth-order valence-electron chi connectivity index (χ4n) is 0.989. The van der Waals surface area contributed by atoms with Crippen molar-refractivity contribution in [2.45, 2.75) is 13.5 Å². The van der Waals surface area contributed by atoms with Crippen molar-refractivity contribution in [2.24, 2.45) is 0 Å². The summed E-state index contributed by atoms with van der Waals surface area (Å²) >= 11 is 5.89. The van der Waals surface area contributed by atoms with Gasteiger partial charge >= 0.3 is 0 Å². The third-order valence-electron chi connectivity index (χ3n) is 1.80. The number of halogens is 1. The second-order valence-corrected chi connectivity index (χ2v) is 3.11. The molecule has 0 aliphatic rings. The Morgan fingerprint density at radius 3 is 2.85 bits per heavy atom. The average Bonchev–Trinajstić information content (AvgIpc) is 2.13. The van der Waals surface area contributed by atoms with Gasteiger partial charge in [0.15, 0.2) is 0 Å². The molecule has 4 heteroatoms. The molecule has 0 bridgehead atoms. The summed E-state index contributed by atoms with van der Waals surface area (Å²) in [5, 5.41) is 9.87. The van der Waals surface area contributed by atoms with E-state index in [1.165, 1.54) is 7.11 Å². The molecule has 1 aromatic carbocycles. The molecule has 0 unspecified atom stereocenters. The molecule has 0 radical (unpaired) electrons. The highest BCUT2D eigenvalue weighted by molar-refractivity contribution is 6.32. The van der Waals surface area contributed by atoms with Gasteiger partial charge in [0, 0.05) is 6.54 Å². The molecule has 3 nitrogen and oxygen atoms in total. The second kappa shape index (κ2) is 4.46. The Kier molecular flexibility index (Phi) is 3.54. The Hall–Kier alpha value is -0.770. The number of nitrogens with one attached hydrogen (secondary N) is 1. The summed E-state index contributed by atoms with van der Waals surface area (Å²) in [7, 11) is 1.53. The van der Waals surface area contributed by atoms with Gasteiger partial charge in [0.1, 0.15) is 5.75 Å². The van der Waals surface area contributed by atoms with E-state index < -0.39 is 0 Å². The van der Waals surface area contributed by atoms with E-state index in [9.17, 15) is 5.11 Å². The molecule has 0 aromatic heterocycles. The number of rotatable bonds is 3. The number of aromatic hydroxyl groups is 1. The van der Waals surface area contributed by atoms with Crippen molar-refractivity contribution in [2.75, 3.05) is 7.11 Å². The maximum atomic E-state index is 9.49. The first-order chi connectivity index (χ1) is 6.16. The first-order valence-electron chi connectivity index (χ1n) is 3.89. The minimum atomic E-state index is 0.136. The highest BCUT2D eigenvalue weighted by Gasteiger charge is 2.07. The van der Waals surface area contributed by atoms with Crippen molar-refractivity contribution < 1.29 is 9.94 Å². The van der Waals surface area contributed by atoms with Gasteiger partial charge in [0.25, 0.3) is 0 Å². The lowest BCUT2D eigenvalue weighted by atomic mass is 10.1. The first-order valence-corrected chi connectivity index (χ1v) is 4.27. The van der Waals surface area contributed by atoms with E-state index in [0.29, 0.717) is 11.6 Å². The van der Waals surface area contributed by atoms with E-state index in [1.54, 1.807) is 6.92 Å². The van der Waals surface area contributed by atoms with Gasteiger partial charge in [-0.05, 0) is 18.1 Å². The van der Waals surface area contributed by atoms with Gasteiger partial charge in [-0.1, -0.05) is 23.7 Å². The monoisotopic (exact) mass is 201 g/mol. The van der Waals surface area contributed by atoms with Crippen molar-refractivity contribution in [3.8, 4) is 5.75 Å². The number of benzene rings is 1. The number of hydroxylamine groups is 1. The minimum absolute atomic E-state index is 0.136. The van der Waals surface area contributed by atoms with Crippen LogP contribution in [0.3, 0.4) is 0 Å². The normalized spacial score (nSPS) is 10.4. The maximum absolute atomic E-state index is 9.49. The third kappa shape index (κ3) is 2.34. The molecule has 0 fully saturated rings. The summed E-state index contributed by atoms with van der Waals surface area (Å²) in [6.07, 6.45) is 0. The van der Waals surface area contributed by atoms with E-state index in [1.807, 2.05) is 12.1 Å². The lowest BCUT2D eigenvalue weighted by Crippen LogP contribution is -2.11. The van der Waals surface area contributed by atoms with Crippen LogP contribution < -0.4 is 5.48 Å². The zero-order valence-corrected chi connectivity index (χ0v) is 8.35. The lowest BCUT2D eigenvalue weighted by molar-refractivity contribution is 0.0867. The Balaban J connectivity index is 2.90. The van der Waals surface area contributed by atoms with E-state index in [-0.39, 0.29) is 5.75 Å². The lowest BCUT2D eigenvalue weighted by Gasteiger charge is -2.07. The Morgan fingerprint density at radius 2 is 2.23 bits per heavy atom. The maximum Gasteiger partial charge on any atom is 0.137 e. The van der Waals surface area contributed by atoms with Crippen LogP contribution in [0.15, 0.2) is 12.1 Å². The summed E-state index contributed by atoms with van der Waals surface area (Å²) in [4.78, 5) is 4.68. The number of hydrogen-bond acceptors (Lipinski definition) is 3. The van der Waals surface area contributed by atoms with Gasteiger partial charge in [-0.25, -0.2) is 0 Å². The molecule has 0 aliphatic heterocycles. The van der Waals surface area contributed by atoms with E-state index in [0.717, 1.165) is 11.1 Å². The summed E-state index contributed by atoms with van der Waals surface area (Å²) < 4.78 is 0. The van der Waals surface area contributed by atoms with Crippen LogP contribution in [0, 0.1) is 6.92 Å². The zero-order chi connectivity index (χ0) is 9.84. The fraction of sp³-hybridized carbons (Fsp3) is 0.333. The SMILES string of the molecule is CONCc1ccc(C)c(O)c1Cl. The molecule has 0 atom stereocenters. The van der Waals surface area contributed by atoms with Gasteiger partial charge in [-0.3, -0.25) is 0 Å². The smallest absolute Gasteiger partial charge is 0.137 e. The summed E-state index contributed by atoms with van der Waals surface area (Å²) in [6.45, 7) is 2.28. The molecular formula is C9H12ClNO2. The van der Waals surface area contributed by atoms with Crippen LogP contribution in [0.5, 0.6) is 5.75 Å². The molecule has 2 N–H and O–H groups in total. The number of phenols is 1. The Bertz CT molecular complexity index is 302. The predicted octanol–water partition coefficient (Wildman–Crippen LogP) is 2.01. The molecule has 72 valence electrons.